The number of ether oxygens (including phenoxy) is 2. The van der Waals surface area contributed by atoms with E-state index in [4.69, 9.17) is 9.47 Å². The first-order chi connectivity index (χ1) is 21.4. The molecular weight excluding hydrogens is 599 g/mol. The number of urea groups is 1. The van der Waals surface area contributed by atoms with Crippen LogP contribution in [0.5, 0.6) is 5.75 Å². The van der Waals surface area contributed by atoms with Crippen LogP contribution in [0.3, 0.4) is 0 Å². The Morgan fingerprint density at radius 1 is 1.00 bits per heavy atom. The zero-order chi connectivity index (χ0) is 32.6. The first-order valence-electron chi connectivity index (χ1n) is 15.0. The summed E-state index contributed by atoms with van der Waals surface area (Å²) in [7, 11) is -0.768. The number of hydrogen-bond acceptors (Lipinski definition) is 6. The molecule has 0 aromatic heterocycles. The molecule has 0 fully saturated rings. The molecule has 0 unspecified atom stereocenters. The van der Waals surface area contributed by atoms with Crippen molar-refractivity contribution in [3.8, 4) is 5.75 Å². The fraction of sp³-hybridized carbons (Fsp3) is 0.394. The molecule has 3 atom stereocenters. The third kappa shape index (κ3) is 9.25. The molecule has 3 aromatic rings. The second kappa shape index (κ2) is 15.3. The van der Waals surface area contributed by atoms with Crippen molar-refractivity contribution in [1.29, 1.82) is 0 Å². The van der Waals surface area contributed by atoms with Crippen LogP contribution in [0.4, 0.5) is 20.6 Å². The number of anilines is 2. The van der Waals surface area contributed by atoms with Crippen LogP contribution in [-0.2, 0) is 14.8 Å². The van der Waals surface area contributed by atoms with Crippen molar-refractivity contribution < 1.29 is 31.9 Å². The van der Waals surface area contributed by atoms with E-state index in [0.717, 1.165) is 25.0 Å². The molecule has 3 aromatic carbocycles. The maximum Gasteiger partial charge on any atom is 0.323 e. The second-order valence-corrected chi connectivity index (χ2v) is 13.4. The number of halogens is 1. The summed E-state index contributed by atoms with van der Waals surface area (Å²) >= 11 is 0. The molecule has 1 heterocycles. The van der Waals surface area contributed by atoms with E-state index in [1.807, 2.05) is 32.0 Å². The number of carbonyl (C=O) groups excluding carboxylic acids is 2. The van der Waals surface area contributed by atoms with E-state index in [1.54, 1.807) is 42.3 Å². The number of benzene rings is 3. The number of likely N-dealkylation sites (N-methyl/N-ethyl adjacent to an activating group) is 1. The van der Waals surface area contributed by atoms with Crippen molar-refractivity contribution in [3.63, 3.8) is 0 Å². The van der Waals surface area contributed by atoms with Crippen molar-refractivity contribution in [2.24, 2.45) is 5.92 Å². The molecule has 0 bridgehead atoms. The summed E-state index contributed by atoms with van der Waals surface area (Å²) in [6.45, 7) is 4.56. The van der Waals surface area contributed by atoms with Crippen LogP contribution in [0.15, 0.2) is 77.7 Å². The Balaban J connectivity index is 1.53. The van der Waals surface area contributed by atoms with Crippen LogP contribution in [0, 0.1) is 11.7 Å². The SMILES string of the molecule is C[C@@H]1CN(C)C(=O)c2cc(NC(=O)Nc3ccccc3)ccc2O[C@@H](C)CCCCO[C@@H]1CN(C)S(=O)(=O)c1ccc(F)cc1. The zero-order valence-electron chi connectivity index (χ0n) is 26.0. The molecule has 1 aliphatic rings. The van der Waals surface area contributed by atoms with Crippen molar-refractivity contribution in [2.45, 2.75) is 50.2 Å². The molecule has 12 heteroatoms. The monoisotopic (exact) mass is 640 g/mol. The maximum atomic E-state index is 13.8. The lowest BCUT2D eigenvalue weighted by atomic mass is 10.0. The minimum Gasteiger partial charge on any atom is -0.490 e. The van der Waals surface area contributed by atoms with E-state index in [2.05, 4.69) is 10.6 Å². The molecule has 10 nitrogen and oxygen atoms in total. The van der Waals surface area contributed by atoms with E-state index < -0.39 is 28.0 Å². The van der Waals surface area contributed by atoms with E-state index in [1.165, 1.54) is 23.5 Å². The summed E-state index contributed by atoms with van der Waals surface area (Å²) in [5.41, 5.74) is 1.34. The van der Waals surface area contributed by atoms with Gasteiger partial charge in [0.05, 0.1) is 22.7 Å². The van der Waals surface area contributed by atoms with Crippen LogP contribution < -0.4 is 15.4 Å². The van der Waals surface area contributed by atoms with E-state index in [9.17, 15) is 22.4 Å². The number of amides is 3. The summed E-state index contributed by atoms with van der Waals surface area (Å²) in [6, 6.07) is 18.2. The lowest BCUT2D eigenvalue weighted by Gasteiger charge is -2.32. The van der Waals surface area contributed by atoms with Gasteiger partial charge in [0.2, 0.25) is 10.0 Å². The summed E-state index contributed by atoms with van der Waals surface area (Å²) in [4.78, 5) is 28.0. The Morgan fingerprint density at radius 2 is 1.69 bits per heavy atom. The van der Waals surface area contributed by atoms with Crippen molar-refractivity contribution in [2.75, 3.05) is 44.4 Å². The highest BCUT2D eigenvalue weighted by atomic mass is 32.2. The van der Waals surface area contributed by atoms with Crippen LogP contribution >= 0.6 is 0 Å². The number of rotatable bonds is 6. The van der Waals surface area contributed by atoms with Gasteiger partial charge < -0.3 is 25.0 Å². The molecule has 1 aliphatic heterocycles. The third-order valence-electron chi connectivity index (χ3n) is 7.67. The minimum absolute atomic E-state index is 0.0142. The predicted molar refractivity (Wildman–Crippen MR) is 172 cm³/mol. The highest BCUT2D eigenvalue weighted by Crippen LogP contribution is 2.28. The second-order valence-electron chi connectivity index (χ2n) is 11.4. The van der Waals surface area contributed by atoms with E-state index in [0.29, 0.717) is 35.7 Å². The number of sulfonamides is 1. The number of nitrogens with one attached hydrogen (secondary N) is 2. The van der Waals surface area contributed by atoms with Gasteiger partial charge in [-0.3, -0.25) is 4.79 Å². The number of fused-ring (bicyclic) bond motifs is 1. The molecular formula is C33H41FN4O6S. The third-order valence-corrected chi connectivity index (χ3v) is 9.50. The van der Waals surface area contributed by atoms with Crippen LogP contribution in [0.1, 0.15) is 43.5 Å². The molecule has 0 radical (unpaired) electrons. The Morgan fingerprint density at radius 3 is 2.40 bits per heavy atom. The normalized spacial score (nSPS) is 20.1. The summed E-state index contributed by atoms with van der Waals surface area (Å²) in [5, 5.41) is 5.54. The molecule has 0 spiro atoms. The lowest BCUT2D eigenvalue weighted by Crippen LogP contribution is -2.43. The zero-order valence-corrected chi connectivity index (χ0v) is 26.8. The minimum atomic E-state index is -3.90. The van der Waals surface area contributed by atoms with Gasteiger partial charge in [0, 0.05) is 51.1 Å². The van der Waals surface area contributed by atoms with Gasteiger partial charge in [-0.1, -0.05) is 25.1 Å². The molecule has 45 heavy (non-hydrogen) atoms. The first kappa shape index (κ1) is 33.9. The Hall–Kier alpha value is -4.00. The maximum absolute atomic E-state index is 13.8. The highest BCUT2D eigenvalue weighted by molar-refractivity contribution is 7.89. The molecule has 3 amide bonds. The first-order valence-corrected chi connectivity index (χ1v) is 16.4. The van der Waals surface area contributed by atoms with Gasteiger partial charge in [-0.2, -0.15) is 4.31 Å². The lowest BCUT2D eigenvalue weighted by molar-refractivity contribution is -0.00128. The smallest absolute Gasteiger partial charge is 0.323 e. The average molecular weight is 641 g/mol. The van der Waals surface area contributed by atoms with Crippen molar-refractivity contribution in [1.82, 2.24) is 9.21 Å². The topological polar surface area (TPSA) is 117 Å². The molecule has 0 saturated heterocycles. The van der Waals surface area contributed by atoms with E-state index >= 15 is 0 Å². The van der Waals surface area contributed by atoms with Gasteiger partial charge in [-0.25, -0.2) is 17.6 Å². The van der Waals surface area contributed by atoms with Crippen LogP contribution in [-0.4, -0.2) is 75.6 Å². The van der Waals surface area contributed by atoms with Crippen molar-refractivity contribution >= 4 is 33.3 Å². The number of carbonyl (C=O) groups is 2. The predicted octanol–water partition coefficient (Wildman–Crippen LogP) is 5.83. The Kier molecular flexibility index (Phi) is 11.5. The van der Waals surface area contributed by atoms with Gasteiger partial charge >= 0.3 is 6.03 Å². The largest absolute Gasteiger partial charge is 0.490 e. The molecule has 0 saturated carbocycles. The summed E-state index contributed by atoms with van der Waals surface area (Å²) in [5.74, 6) is -0.684. The van der Waals surface area contributed by atoms with E-state index in [-0.39, 0.29) is 35.9 Å². The number of para-hydroxylation sites is 1. The Bertz CT molecular complexity index is 1560. The van der Waals surface area contributed by atoms with Gasteiger partial charge in [0.1, 0.15) is 11.6 Å². The number of nitrogens with zero attached hydrogens (tertiary/aromatic N) is 2. The molecule has 2 N–H and O–H groups in total. The summed E-state index contributed by atoms with van der Waals surface area (Å²) in [6.07, 6.45) is 1.55. The average Bonchev–Trinajstić information content (AvgIpc) is 3.00. The number of hydrogen-bond donors (Lipinski definition) is 2. The molecule has 242 valence electrons. The quantitative estimate of drug-likeness (QED) is 0.350. The van der Waals surface area contributed by atoms with Gasteiger partial charge in [-0.05, 0) is 80.8 Å². The van der Waals surface area contributed by atoms with Crippen molar-refractivity contribution in [3.05, 3.63) is 84.2 Å². The van der Waals surface area contributed by atoms with Crippen LogP contribution in [0.2, 0.25) is 0 Å². The Labute approximate surface area is 264 Å². The summed E-state index contributed by atoms with van der Waals surface area (Å²) < 4.78 is 53.5. The van der Waals surface area contributed by atoms with Gasteiger partial charge in [0.25, 0.3) is 5.91 Å². The standard InChI is InChI=1S/C33H41FN4O6S/c1-23-21-37(3)32(39)29-20-27(36-33(40)35-26-11-6-5-7-12-26)15-18-30(29)44-24(2)10-8-9-19-43-31(23)22-38(4)45(41,42)28-16-13-25(34)14-17-28/h5-7,11-18,20,23-24,31H,8-10,19,21-22H2,1-4H3,(H2,35,36,40)/t23-,24+,31-/m1/s1. The highest BCUT2D eigenvalue weighted by Gasteiger charge is 2.30. The fourth-order valence-electron chi connectivity index (χ4n) is 5.11. The van der Waals surface area contributed by atoms with Gasteiger partial charge in [0.15, 0.2) is 0 Å². The molecule has 0 aliphatic carbocycles. The van der Waals surface area contributed by atoms with Crippen LogP contribution in [0.25, 0.3) is 0 Å². The van der Waals surface area contributed by atoms with Gasteiger partial charge in [-0.15, -0.1) is 0 Å². The fourth-order valence-corrected chi connectivity index (χ4v) is 6.29. The molecule has 4 rings (SSSR count).